The zero-order valence-electron chi connectivity index (χ0n) is 14.2. The van der Waals surface area contributed by atoms with Crippen molar-refractivity contribution in [2.75, 3.05) is 18.4 Å². The van der Waals surface area contributed by atoms with Gasteiger partial charge in [0, 0.05) is 36.4 Å². The molecule has 1 aromatic rings. The van der Waals surface area contributed by atoms with E-state index in [2.05, 4.69) is 26.1 Å². The summed E-state index contributed by atoms with van der Waals surface area (Å²) < 4.78 is 0. The number of hydrogen-bond donors (Lipinski definition) is 2. The van der Waals surface area contributed by atoms with E-state index in [9.17, 15) is 4.79 Å². The standard InChI is InChI=1S/C18H29N3O/c1-12(2)14(4)20-17-9-5-8-16(13(17)3)18(22)21-10-6-7-15(19)11-21/h5,8-9,12,14-15,20H,6-7,10-11,19H2,1-4H3. The van der Waals surface area contributed by atoms with Gasteiger partial charge in [-0.3, -0.25) is 4.79 Å². The molecule has 1 amide bonds. The van der Waals surface area contributed by atoms with Crippen molar-refractivity contribution >= 4 is 11.6 Å². The van der Waals surface area contributed by atoms with Crippen LogP contribution in [0.4, 0.5) is 5.69 Å². The number of hydrogen-bond acceptors (Lipinski definition) is 3. The lowest BCUT2D eigenvalue weighted by atomic mass is 10.0. The zero-order valence-corrected chi connectivity index (χ0v) is 14.2. The van der Waals surface area contributed by atoms with E-state index < -0.39 is 0 Å². The van der Waals surface area contributed by atoms with Gasteiger partial charge in [-0.05, 0) is 50.3 Å². The highest BCUT2D eigenvalue weighted by atomic mass is 16.2. The number of piperidine rings is 1. The quantitative estimate of drug-likeness (QED) is 0.899. The summed E-state index contributed by atoms with van der Waals surface area (Å²) in [5.74, 6) is 0.646. The van der Waals surface area contributed by atoms with Crippen LogP contribution < -0.4 is 11.1 Å². The van der Waals surface area contributed by atoms with Crippen LogP contribution in [0, 0.1) is 12.8 Å². The van der Waals surface area contributed by atoms with E-state index in [-0.39, 0.29) is 11.9 Å². The highest BCUT2D eigenvalue weighted by Crippen LogP contribution is 2.23. The molecule has 122 valence electrons. The molecule has 0 radical (unpaired) electrons. The molecule has 0 spiro atoms. The van der Waals surface area contributed by atoms with Crippen molar-refractivity contribution in [1.29, 1.82) is 0 Å². The molecule has 2 atom stereocenters. The smallest absolute Gasteiger partial charge is 0.254 e. The van der Waals surface area contributed by atoms with Crippen molar-refractivity contribution < 1.29 is 4.79 Å². The number of benzene rings is 1. The summed E-state index contributed by atoms with van der Waals surface area (Å²) in [5.41, 5.74) is 8.87. The number of rotatable bonds is 4. The summed E-state index contributed by atoms with van der Waals surface area (Å²) in [5, 5.41) is 3.52. The molecular weight excluding hydrogens is 274 g/mol. The second-order valence-corrected chi connectivity index (χ2v) is 6.81. The minimum Gasteiger partial charge on any atom is -0.382 e. The minimum absolute atomic E-state index is 0.105. The lowest BCUT2D eigenvalue weighted by molar-refractivity contribution is 0.0708. The number of carbonyl (C=O) groups excluding carboxylic acids is 1. The zero-order chi connectivity index (χ0) is 16.3. The van der Waals surface area contributed by atoms with Gasteiger partial charge in [-0.2, -0.15) is 0 Å². The molecule has 2 rings (SSSR count). The third-order valence-electron chi connectivity index (χ3n) is 4.69. The Balaban J connectivity index is 2.19. The Kier molecular flexibility index (Phi) is 5.46. The first-order valence-corrected chi connectivity index (χ1v) is 8.31. The normalized spacial score (nSPS) is 20.1. The van der Waals surface area contributed by atoms with Crippen LogP contribution in [0.25, 0.3) is 0 Å². The van der Waals surface area contributed by atoms with E-state index in [0.29, 0.717) is 18.5 Å². The first-order valence-electron chi connectivity index (χ1n) is 8.31. The summed E-state index contributed by atoms with van der Waals surface area (Å²) in [6.45, 7) is 10.0. The maximum atomic E-state index is 12.8. The van der Waals surface area contributed by atoms with Gasteiger partial charge in [0.15, 0.2) is 0 Å². The van der Waals surface area contributed by atoms with Crippen molar-refractivity contribution in [3.8, 4) is 0 Å². The van der Waals surface area contributed by atoms with Crippen molar-refractivity contribution in [3.63, 3.8) is 0 Å². The Morgan fingerprint density at radius 2 is 2.09 bits per heavy atom. The van der Waals surface area contributed by atoms with Gasteiger partial charge in [0.05, 0.1) is 0 Å². The second-order valence-electron chi connectivity index (χ2n) is 6.81. The SMILES string of the molecule is Cc1c(NC(C)C(C)C)cccc1C(=O)N1CCCC(N)C1. The van der Waals surface area contributed by atoms with Crippen LogP contribution in [0.15, 0.2) is 18.2 Å². The highest BCUT2D eigenvalue weighted by molar-refractivity contribution is 5.97. The Labute approximate surface area is 134 Å². The average Bonchev–Trinajstić information content (AvgIpc) is 2.48. The second kappa shape index (κ2) is 7.14. The predicted octanol–water partition coefficient (Wildman–Crippen LogP) is 3.01. The molecule has 0 aliphatic carbocycles. The van der Waals surface area contributed by atoms with Crippen molar-refractivity contribution in [2.24, 2.45) is 11.7 Å². The minimum atomic E-state index is 0.105. The molecule has 1 fully saturated rings. The van der Waals surface area contributed by atoms with Crippen LogP contribution in [-0.4, -0.2) is 36.0 Å². The number of nitrogens with one attached hydrogen (secondary N) is 1. The van der Waals surface area contributed by atoms with E-state index in [1.54, 1.807) is 0 Å². The van der Waals surface area contributed by atoms with Gasteiger partial charge in [0.25, 0.3) is 5.91 Å². The van der Waals surface area contributed by atoms with Crippen molar-refractivity contribution in [2.45, 2.75) is 52.6 Å². The molecule has 4 nitrogen and oxygen atoms in total. The molecule has 3 N–H and O–H groups in total. The third-order valence-corrected chi connectivity index (χ3v) is 4.69. The lowest BCUT2D eigenvalue weighted by Crippen LogP contribution is -2.45. The van der Waals surface area contributed by atoms with Gasteiger partial charge in [-0.1, -0.05) is 19.9 Å². The van der Waals surface area contributed by atoms with Gasteiger partial charge < -0.3 is 16.0 Å². The van der Waals surface area contributed by atoms with E-state index in [1.165, 1.54) is 0 Å². The van der Waals surface area contributed by atoms with Crippen molar-refractivity contribution in [1.82, 2.24) is 4.90 Å². The van der Waals surface area contributed by atoms with E-state index in [4.69, 9.17) is 5.73 Å². The van der Waals surface area contributed by atoms with Crippen LogP contribution in [0.3, 0.4) is 0 Å². The first kappa shape index (κ1) is 16.8. The summed E-state index contributed by atoms with van der Waals surface area (Å²) >= 11 is 0. The monoisotopic (exact) mass is 303 g/mol. The summed E-state index contributed by atoms with van der Waals surface area (Å²) in [4.78, 5) is 14.7. The fraction of sp³-hybridized carbons (Fsp3) is 0.611. The Morgan fingerprint density at radius 1 is 1.36 bits per heavy atom. The molecule has 1 aromatic carbocycles. The van der Waals surface area contributed by atoms with Gasteiger partial charge in [0.1, 0.15) is 0 Å². The first-order chi connectivity index (χ1) is 10.4. The van der Waals surface area contributed by atoms with Gasteiger partial charge in [0.2, 0.25) is 0 Å². The fourth-order valence-electron chi connectivity index (χ4n) is 2.80. The highest BCUT2D eigenvalue weighted by Gasteiger charge is 2.24. The van der Waals surface area contributed by atoms with Crippen LogP contribution in [-0.2, 0) is 0 Å². The molecule has 1 aliphatic heterocycles. The van der Waals surface area contributed by atoms with Gasteiger partial charge in [-0.15, -0.1) is 0 Å². The molecule has 1 aliphatic rings. The topological polar surface area (TPSA) is 58.4 Å². The molecule has 0 bridgehead atoms. The molecular formula is C18H29N3O. The van der Waals surface area contributed by atoms with Crippen molar-refractivity contribution in [3.05, 3.63) is 29.3 Å². The summed E-state index contributed by atoms with van der Waals surface area (Å²) in [7, 11) is 0. The molecule has 1 saturated heterocycles. The molecule has 0 saturated carbocycles. The Bertz CT molecular complexity index is 527. The maximum absolute atomic E-state index is 12.8. The fourth-order valence-corrected chi connectivity index (χ4v) is 2.80. The molecule has 22 heavy (non-hydrogen) atoms. The predicted molar refractivity (Wildman–Crippen MR) is 92.2 cm³/mol. The van der Waals surface area contributed by atoms with E-state index in [0.717, 1.165) is 36.2 Å². The van der Waals surface area contributed by atoms with Gasteiger partial charge in [-0.25, -0.2) is 0 Å². The maximum Gasteiger partial charge on any atom is 0.254 e. The molecule has 1 heterocycles. The van der Waals surface area contributed by atoms with Gasteiger partial charge >= 0.3 is 0 Å². The van der Waals surface area contributed by atoms with Crippen LogP contribution in [0.2, 0.25) is 0 Å². The van der Waals surface area contributed by atoms with Crippen LogP contribution >= 0.6 is 0 Å². The largest absolute Gasteiger partial charge is 0.382 e. The molecule has 0 aromatic heterocycles. The van der Waals surface area contributed by atoms with E-state index >= 15 is 0 Å². The number of nitrogens with two attached hydrogens (primary N) is 1. The number of carbonyl (C=O) groups is 1. The molecule has 4 heteroatoms. The Morgan fingerprint density at radius 3 is 2.73 bits per heavy atom. The number of likely N-dealkylation sites (tertiary alicyclic amines) is 1. The Hall–Kier alpha value is -1.55. The third kappa shape index (κ3) is 3.80. The number of amides is 1. The summed E-state index contributed by atoms with van der Waals surface area (Å²) in [6, 6.07) is 6.41. The van der Waals surface area contributed by atoms with Crippen LogP contribution in [0.1, 0.15) is 49.5 Å². The molecule has 2 unspecified atom stereocenters. The summed E-state index contributed by atoms with van der Waals surface area (Å²) in [6.07, 6.45) is 2.00. The van der Waals surface area contributed by atoms with Crippen LogP contribution in [0.5, 0.6) is 0 Å². The number of nitrogens with zero attached hydrogens (tertiary/aromatic N) is 1. The van der Waals surface area contributed by atoms with E-state index in [1.807, 2.05) is 30.0 Å². The number of anilines is 1. The lowest BCUT2D eigenvalue weighted by Gasteiger charge is -2.31. The average molecular weight is 303 g/mol.